The van der Waals surface area contributed by atoms with Crippen molar-refractivity contribution >= 4 is 11.7 Å². The number of carbonyl (C=O) groups is 2. The van der Waals surface area contributed by atoms with E-state index in [1.807, 2.05) is 25.1 Å². The van der Waals surface area contributed by atoms with Crippen LogP contribution in [0.3, 0.4) is 0 Å². The normalized spacial score (nSPS) is 22.3. The van der Waals surface area contributed by atoms with Gasteiger partial charge in [-0.15, -0.1) is 0 Å². The molecular weight excluding hydrogens is 318 g/mol. The number of hydrogen-bond donors (Lipinski definition) is 1. The molecule has 0 spiro atoms. The van der Waals surface area contributed by atoms with Crippen LogP contribution in [0.4, 0.5) is 0 Å². The second-order valence-corrected chi connectivity index (χ2v) is 7.45. The van der Waals surface area contributed by atoms with Gasteiger partial charge in [0.1, 0.15) is 0 Å². The Labute approximate surface area is 148 Å². The van der Waals surface area contributed by atoms with Crippen LogP contribution in [0.15, 0.2) is 29.5 Å². The van der Waals surface area contributed by atoms with Crippen molar-refractivity contribution < 1.29 is 19.1 Å². The minimum Gasteiger partial charge on any atom is -0.493 e. The molecule has 25 heavy (non-hydrogen) atoms. The van der Waals surface area contributed by atoms with Gasteiger partial charge in [-0.25, -0.2) is 0 Å². The predicted molar refractivity (Wildman–Crippen MR) is 94.7 cm³/mol. The molecule has 2 aliphatic rings. The second-order valence-electron chi connectivity index (χ2n) is 7.45. The summed E-state index contributed by atoms with van der Waals surface area (Å²) < 4.78 is 11.2. The molecule has 1 N–H and O–H groups in total. The van der Waals surface area contributed by atoms with Crippen LogP contribution in [0.2, 0.25) is 0 Å². The summed E-state index contributed by atoms with van der Waals surface area (Å²) in [5, 5.41) is 2.93. The number of amides is 1. The summed E-state index contributed by atoms with van der Waals surface area (Å²) >= 11 is 0. The first-order chi connectivity index (χ1) is 11.9. The van der Waals surface area contributed by atoms with Crippen LogP contribution in [0.1, 0.15) is 51.5 Å². The van der Waals surface area contributed by atoms with E-state index in [0.717, 1.165) is 16.8 Å². The van der Waals surface area contributed by atoms with Crippen LogP contribution in [-0.4, -0.2) is 25.4 Å². The van der Waals surface area contributed by atoms with Crippen molar-refractivity contribution in [2.75, 3.05) is 13.7 Å². The standard InChI is InChI=1S/C20H25NO4/c1-5-25-19-12(7-6-8-16(19)24-4)13-9-17(23)21-14-10-20(2,3)11-15(22)18(13)14/h6-8,13H,5,9-11H2,1-4H3,(H,21,23)/t13-/m1/s1. The minimum absolute atomic E-state index is 0.0560. The fourth-order valence-corrected chi connectivity index (χ4v) is 3.89. The lowest BCUT2D eigenvalue weighted by Gasteiger charge is -2.38. The highest BCUT2D eigenvalue weighted by molar-refractivity contribution is 6.02. The number of hydrogen-bond acceptors (Lipinski definition) is 4. The molecule has 0 aromatic heterocycles. The lowest BCUT2D eigenvalue weighted by Crippen LogP contribution is -2.40. The molecule has 0 radical (unpaired) electrons. The summed E-state index contributed by atoms with van der Waals surface area (Å²) in [7, 11) is 1.59. The molecule has 1 amide bonds. The van der Waals surface area contributed by atoms with Gasteiger partial charge < -0.3 is 14.8 Å². The Morgan fingerprint density at radius 1 is 1.24 bits per heavy atom. The van der Waals surface area contributed by atoms with E-state index in [1.165, 1.54) is 0 Å². The van der Waals surface area contributed by atoms with Crippen molar-refractivity contribution in [2.45, 2.75) is 46.0 Å². The quantitative estimate of drug-likeness (QED) is 0.911. The Morgan fingerprint density at radius 2 is 2.00 bits per heavy atom. The molecule has 0 bridgehead atoms. The summed E-state index contributed by atoms with van der Waals surface area (Å²) in [6.45, 7) is 6.51. The van der Waals surface area contributed by atoms with E-state index in [0.29, 0.717) is 30.9 Å². The number of methoxy groups -OCH3 is 1. The molecule has 134 valence electrons. The van der Waals surface area contributed by atoms with Gasteiger partial charge in [0.25, 0.3) is 0 Å². The molecule has 5 nitrogen and oxygen atoms in total. The predicted octanol–water partition coefficient (Wildman–Crippen LogP) is 3.34. The number of rotatable bonds is 4. The number of ketones is 1. The van der Waals surface area contributed by atoms with Crippen molar-refractivity contribution in [2.24, 2.45) is 5.41 Å². The maximum absolute atomic E-state index is 12.9. The zero-order valence-corrected chi connectivity index (χ0v) is 15.3. The molecule has 1 aliphatic carbocycles. The average Bonchev–Trinajstić information content (AvgIpc) is 2.52. The molecule has 1 heterocycles. The highest BCUT2D eigenvalue weighted by atomic mass is 16.5. The maximum atomic E-state index is 12.9. The SMILES string of the molecule is CCOc1c(OC)cccc1[C@H]1CC(=O)NC2=C1C(=O)CC(C)(C)C2. The highest BCUT2D eigenvalue weighted by Gasteiger charge is 2.41. The first-order valence-electron chi connectivity index (χ1n) is 8.72. The van der Waals surface area contributed by atoms with Crippen LogP contribution in [0.5, 0.6) is 11.5 Å². The molecule has 1 atom stereocenters. The van der Waals surface area contributed by atoms with Crippen molar-refractivity contribution in [1.29, 1.82) is 0 Å². The number of benzene rings is 1. The summed E-state index contributed by atoms with van der Waals surface area (Å²) in [5.74, 6) is 1.01. The summed E-state index contributed by atoms with van der Waals surface area (Å²) in [6, 6.07) is 5.63. The lowest BCUT2D eigenvalue weighted by molar-refractivity contribution is -0.122. The largest absolute Gasteiger partial charge is 0.493 e. The molecule has 3 rings (SSSR count). The van der Waals surface area contributed by atoms with Gasteiger partial charge in [0.2, 0.25) is 5.91 Å². The van der Waals surface area contributed by atoms with Crippen LogP contribution < -0.4 is 14.8 Å². The summed E-state index contributed by atoms with van der Waals surface area (Å²) in [4.78, 5) is 25.2. The fourth-order valence-electron chi connectivity index (χ4n) is 3.89. The van der Waals surface area contributed by atoms with Gasteiger partial charge >= 0.3 is 0 Å². The van der Waals surface area contributed by atoms with Gasteiger partial charge in [0.05, 0.1) is 13.7 Å². The third-order valence-electron chi connectivity index (χ3n) is 4.84. The van der Waals surface area contributed by atoms with Gasteiger partial charge in [0.15, 0.2) is 17.3 Å². The molecule has 0 fully saturated rings. The smallest absolute Gasteiger partial charge is 0.225 e. The second kappa shape index (κ2) is 6.54. The van der Waals surface area contributed by atoms with E-state index < -0.39 is 0 Å². The highest BCUT2D eigenvalue weighted by Crippen LogP contribution is 2.47. The number of nitrogens with one attached hydrogen (secondary N) is 1. The molecule has 1 aliphatic heterocycles. The fraction of sp³-hybridized carbons (Fsp3) is 0.500. The zero-order chi connectivity index (χ0) is 18.2. The Hall–Kier alpha value is -2.30. The molecule has 0 unspecified atom stereocenters. The third kappa shape index (κ3) is 3.28. The first kappa shape index (κ1) is 17.5. The Bertz CT molecular complexity index is 748. The number of ether oxygens (including phenoxy) is 2. The lowest BCUT2D eigenvalue weighted by atomic mass is 9.70. The molecule has 1 aromatic rings. The molecule has 0 saturated heterocycles. The average molecular weight is 343 g/mol. The van der Waals surface area contributed by atoms with Gasteiger partial charge in [0, 0.05) is 35.6 Å². The zero-order valence-electron chi connectivity index (χ0n) is 15.3. The number of para-hydroxylation sites is 1. The van der Waals surface area contributed by atoms with E-state index in [4.69, 9.17) is 9.47 Å². The van der Waals surface area contributed by atoms with Crippen LogP contribution in [0.25, 0.3) is 0 Å². The molecule has 5 heteroatoms. The van der Waals surface area contributed by atoms with Crippen LogP contribution >= 0.6 is 0 Å². The van der Waals surface area contributed by atoms with E-state index >= 15 is 0 Å². The van der Waals surface area contributed by atoms with E-state index in [-0.39, 0.29) is 29.4 Å². The molecular formula is C20H25NO4. The summed E-state index contributed by atoms with van der Waals surface area (Å²) in [5.41, 5.74) is 2.21. The van der Waals surface area contributed by atoms with Gasteiger partial charge in [-0.2, -0.15) is 0 Å². The number of allylic oxidation sites excluding steroid dienone is 2. The van der Waals surface area contributed by atoms with E-state index in [2.05, 4.69) is 19.2 Å². The van der Waals surface area contributed by atoms with Gasteiger partial charge in [-0.05, 0) is 24.8 Å². The Kier molecular flexibility index (Phi) is 4.58. The minimum atomic E-state index is -0.288. The van der Waals surface area contributed by atoms with E-state index in [9.17, 15) is 9.59 Å². The topological polar surface area (TPSA) is 64.6 Å². The monoisotopic (exact) mass is 343 g/mol. The molecule has 0 saturated carbocycles. The van der Waals surface area contributed by atoms with Crippen molar-refractivity contribution in [3.05, 3.63) is 35.0 Å². The summed E-state index contributed by atoms with van der Waals surface area (Å²) in [6.07, 6.45) is 1.44. The van der Waals surface area contributed by atoms with Crippen LogP contribution in [0, 0.1) is 5.41 Å². The van der Waals surface area contributed by atoms with E-state index in [1.54, 1.807) is 7.11 Å². The van der Waals surface area contributed by atoms with Crippen molar-refractivity contribution in [3.63, 3.8) is 0 Å². The van der Waals surface area contributed by atoms with Crippen molar-refractivity contribution in [1.82, 2.24) is 5.32 Å². The molecule has 1 aromatic carbocycles. The Morgan fingerprint density at radius 3 is 2.68 bits per heavy atom. The van der Waals surface area contributed by atoms with Crippen molar-refractivity contribution in [3.8, 4) is 11.5 Å². The van der Waals surface area contributed by atoms with Gasteiger partial charge in [-0.1, -0.05) is 26.0 Å². The number of Topliss-reactive ketones (excluding diaryl/α,β-unsaturated/α-hetero) is 1. The Balaban J connectivity index is 2.13. The number of carbonyl (C=O) groups excluding carboxylic acids is 2. The first-order valence-corrected chi connectivity index (χ1v) is 8.72. The van der Waals surface area contributed by atoms with Crippen LogP contribution in [-0.2, 0) is 9.59 Å². The third-order valence-corrected chi connectivity index (χ3v) is 4.84. The van der Waals surface area contributed by atoms with Gasteiger partial charge in [-0.3, -0.25) is 9.59 Å². The maximum Gasteiger partial charge on any atom is 0.225 e.